The molecule has 1 unspecified atom stereocenters. The Hall–Kier alpha value is -1.58. The van der Waals surface area contributed by atoms with E-state index in [9.17, 15) is 9.59 Å². The first-order valence-electron chi connectivity index (χ1n) is 5.03. The van der Waals surface area contributed by atoms with Crippen LogP contribution in [0, 0.1) is 0 Å². The minimum absolute atomic E-state index is 0.0305. The van der Waals surface area contributed by atoms with E-state index in [0.717, 1.165) is 5.76 Å². The predicted octanol–water partition coefficient (Wildman–Crippen LogP) is 1.53. The first-order chi connectivity index (χ1) is 7.18. The lowest BCUT2D eigenvalue weighted by Gasteiger charge is -2.30. The highest BCUT2D eigenvalue weighted by Crippen LogP contribution is 2.23. The Bertz CT molecular complexity index is 369. The molecule has 0 bridgehead atoms. The van der Waals surface area contributed by atoms with Crippen molar-refractivity contribution in [3.63, 3.8) is 0 Å². The Kier molecular flexibility index (Phi) is 2.58. The van der Waals surface area contributed by atoms with E-state index < -0.39 is 0 Å². The highest BCUT2D eigenvalue weighted by molar-refractivity contribution is 6.00. The third kappa shape index (κ3) is 1.93. The van der Waals surface area contributed by atoms with Gasteiger partial charge in [0.2, 0.25) is 5.91 Å². The normalized spacial score (nSPS) is 19.4. The predicted molar refractivity (Wildman–Crippen MR) is 53.1 cm³/mol. The first-order valence-corrected chi connectivity index (χ1v) is 5.03. The largest absolute Gasteiger partial charge is 0.467 e. The molecule has 2 rings (SSSR count). The number of nitrogens with zero attached hydrogens (tertiary/aromatic N) is 1. The lowest BCUT2D eigenvalue weighted by Crippen LogP contribution is -2.40. The number of carbonyl (C=O) groups is 2. The number of Topliss-reactive ketones (excluding diaryl/α,β-unsaturated/α-hetero) is 1. The van der Waals surface area contributed by atoms with Crippen LogP contribution in [0.5, 0.6) is 0 Å². The van der Waals surface area contributed by atoms with Crippen LogP contribution in [0.15, 0.2) is 22.8 Å². The molecule has 0 saturated carbocycles. The van der Waals surface area contributed by atoms with Crippen molar-refractivity contribution in [1.82, 2.24) is 4.90 Å². The van der Waals surface area contributed by atoms with Gasteiger partial charge in [0.15, 0.2) is 0 Å². The molecule has 1 aromatic rings. The number of hydrogen-bond donors (Lipinski definition) is 0. The van der Waals surface area contributed by atoms with Gasteiger partial charge >= 0.3 is 0 Å². The number of likely N-dealkylation sites (tertiary alicyclic amines) is 1. The lowest BCUT2D eigenvalue weighted by molar-refractivity contribution is -0.141. The molecule has 1 amide bonds. The van der Waals surface area contributed by atoms with E-state index >= 15 is 0 Å². The van der Waals surface area contributed by atoms with E-state index in [-0.39, 0.29) is 24.2 Å². The molecule has 1 aromatic heterocycles. The molecule has 0 aromatic carbocycles. The zero-order valence-corrected chi connectivity index (χ0v) is 8.60. The van der Waals surface area contributed by atoms with Crippen LogP contribution >= 0.6 is 0 Å². The SMILES string of the molecule is CC(c1ccco1)N1CCC(=O)CC1=O. The number of rotatable bonds is 2. The van der Waals surface area contributed by atoms with Crippen molar-refractivity contribution < 1.29 is 14.0 Å². The van der Waals surface area contributed by atoms with Crippen LogP contribution in [0.1, 0.15) is 31.6 Å². The molecule has 15 heavy (non-hydrogen) atoms. The van der Waals surface area contributed by atoms with E-state index in [2.05, 4.69) is 0 Å². The highest BCUT2D eigenvalue weighted by atomic mass is 16.3. The molecule has 1 atom stereocenters. The zero-order chi connectivity index (χ0) is 10.8. The molecule has 4 nitrogen and oxygen atoms in total. The Morgan fingerprint density at radius 1 is 1.47 bits per heavy atom. The van der Waals surface area contributed by atoms with E-state index in [1.165, 1.54) is 0 Å². The van der Waals surface area contributed by atoms with Gasteiger partial charge in [-0.1, -0.05) is 0 Å². The maximum absolute atomic E-state index is 11.6. The number of carbonyl (C=O) groups excluding carboxylic acids is 2. The van der Waals surface area contributed by atoms with Crippen molar-refractivity contribution in [3.8, 4) is 0 Å². The van der Waals surface area contributed by atoms with Gasteiger partial charge in [0.1, 0.15) is 11.5 Å². The third-order valence-electron chi connectivity index (χ3n) is 2.72. The van der Waals surface area contributed by atoms with Crippen LogP contribution in [0.2, 0.25) is 0 Å². The minimum atomic E-state index is -0.102. The Labute approximate surface area is 87.9 Å². The molecule has 80 valence electrons. The van der Waals surface area contributed by atoms with Gasteiger partial charge in [-0.25, -0.2) is 0 Å². The number of piperidine rings is 1. The second-order valence-electron chi connectivity index (χ2n) is 3.74. The van der Waals surface area contributed by atoms with Gasteiger partial charge in [-0.05, 0) is 19.1 Å². The molecule has 0 N–H and O–H groups in total. The van der Waals surface area contributed by atoms with E-state index in [0.29, 0.717) is 13.0 Å². The van der Waals surface area contributed by atoms with Crippen LogP contribution < -0.4 is 0 Å². The molecule has 2 heterocycles. The van der Waals surface area contributed by atoms with Crippen molar-refractivity contribution in [2.24, 2.45) is 0 Å². The summed E-state index contributed by atoms with van der Waals surface area (Å²) >= 11 is 0. The second-order valence-corrected chi connectivity index (χ2v) is 3.74. The van der Waals surface area contributed by atoms with Crippen LogP contribution in [0.3, 0.4) is 0 Å². The van der Waals surface area contributed by atoms with Crippen LogP contribution in [0.4, 0.5) is 0 Å². The van der Waals surface area contributed by atoms with Gasteiger partial charge < -0.3 is 9.32 Å². The summed E-state index contributed by atoms with van der Waals surface area (Å²) in [5, 5.41) is 0. The molecule has 1 fully saturated rings. The fourth-order valence-corrected chi connectivity index (χ4v) is 1.82. The van der Waals surface area contributed by atoms with Gasteiger partial charge in [0, 0.05) is 13.0 Å². The molecule has 0 spiro atoms. The van der Waals surface area contributed by atoms with Crippen molar-refractivity contribution in [1.29, 1.82) is 0 Å². The quantitative estimate of drug-likeness (QED) is 0.691. The number of amides is 1. The van der Waals surface area contributed by atoms with Crippen LogP contribution in [0.25, 0.3) is 0 Å². The Balaban J connectivity index is 2.11. The average molecular weight is 207 g/mol. The third-order valence-corrected chi connectivity index (χ3v) is 2.72. The number of ketones is 1. The zero-order valence-electron chi connectivity index (χ0n) is 8.60. The summed E-state index contributed by atoms with van der Waals surface area (Å²) in [5.74, 6) is 0.691. The van der Waals surface area contributed by atoms with Crippen molar-refractivity contribution >= 4 is 11.7 Å². The topological polar surface area (TPSA) is 50.5 Å². The van der Waals surface area contributed by atoms with Crippen molar-refractivity contribution in [2.75, 3.05) is 6.54 Å². The van der Waals surface area contributed by atoms with Gasteiger partial charge in [-0.3, -0.25) is 9.59 Å². The Morgan fingerprint density at radius 2 is 2.27 bits per heavy atom. The highest BCUT2D eigenvalue weighted by Gasteiger charge is 2.29. The molecule has 1 saturated heterocycles. The summed E-state index contributed by atoms with van der Waals surface area (Å²) in [7, 11) is 0. The molecule has 1 aliphatic rings. The fraction of sp³-hybridized carbons (Fsp3) is 0.455. The van der Waals surface area contributed by atoms with Gasteiger partial charge in [0.05, 0.1) is 18.7 Å². The summed E-state index contributed by atoms with van der Waals surface area (Å²) in [6.07, 6.45) is 2.08. The Morgan fingerprint density at radius 3 is 2.87 bits per heavy atom. The molecular weight excluding hydrogens is 194 g/mol. The van der Waals surface area contributed by atoms with Crippen molar-refractivity contribution in [2.45, 2.75) is 25.8 Å². The standard InChI is InChI=1S/C11H13NO3/c1-8(10-3-2-6-15-10)12-5-4-9(13)7-11(12)14/h2-3,6,8H,4-5,7H2,1H3. The minimum Gasteiger partial charge on any atom is -0.467 e. The summed E-state index contributed by atoms with van der Waals surface area (Å²) in [4.78, 5) is 24.4. The van der Waals surface area contributed by atoms with Gasteiger partial charge in [-0.2, -0.15) is 0 Å². The first kappa shape index (κ1) is 9.96. The molecular formula is C11H13NO3. The average Bonchev–Trinajstić information content (AvgIpc) is 2.69. The molecule has 0 radical (unpaired) electrons. The second kappa shape index (κ2) is 3.88. The van der Waals surface area contributed by atoms with E-state index in [4.69, 9.17) is 4.42 Å². The number of furan rings is 1. The summed E-state index contributed by atoms with van der Waals surface area (Å²) in [5.41, 5.74) is 0. The van der Waals surface area contributed by atoms with E-state index in [1.54, 1.807) is 17.2 Å². The van der Waals surface area contributed by atoms with Crippen LogP contribution in [-0.4, -0.2) is 23.1 Å². The van der Waals surface area contributed by atoms with Gasteiger partial charge in [-0.15, -0.1) is 0 Å². The fourth-order valence-electron chi connectivity index (χ4n) is 1.82. The van der Waals surface area contributed by atoms with Crippen molar-refractivity contribution in [3.05, 3.63) is 24.2 Å². The summed E-state index contributed by atoms with van der Waals surface area (Å²) < 4.78 is 5.24. The molecule has 1 aliphatic heterocycles. The summed E-state index contributed by atoms with van der Waals surface area (Å²) in [6.45, 7) is 2.41. The monoisotopic (exact) mass is 207 g/mol. The maximum atomic E-state index is 11.6. The number of hydrogen-bond acceptors (Lipinski definition) is 3. The lowest BCUT2D eigenvalue weighted by atomic mass is 10.1. The maximum Gasteiger partial charge on any atom is 0.230 e. The van der Waals surface area contributed by atoms with E-state index in [1.807, 2.05) is 13.0 Å². The summed E-state index contributed by atoms with van der Waals surface area (Å²) in [6, 6.07) is 3.56. The van der Waals surface area contributed by atoms with Gasteiger partial charge in [0.25, 0.3) is 0 Å². The smallest absolute Gasteiger partial charge is 0.230 e. The van der Waals surface area contributed by atoms with Crippen LogP contribution in [-0.2, 0) is 9.59 Å². The molecule has 0 aliphatic carbocycles. The molecule has 4 heteroatoms.